The number of aromatic nitrogens is 2. The fourth-order valence-corrected chi connectivity index (χ4v) is 5.40. The fourth-order valence-electron chi connectivity index (χ4n) is 4.26. The molecule has 0 spiro atoms. The van der Waals surface area contributed by atoms with Crippen molar-refractivity contribution < 1.29 is 9.59 Å². The lowest BCUT2D eigenvalue weighted by atomic mass is 9.93. The van der Waals surface area contributed by atoms with Crippen LogP contribution >= 0.6 is 11.3 Å². The standard InChI is InChI=1S/C23H28N4O2S/c1-15(2)25-22(28)21-18(17-9-4-5-10-20(17)30-21)14-16-8-6-7-13-27(16)23(29)19-11-12-24-26(19)3/h4-5,9-12,15-16H,6-8,13-14H2,1-3H3,(H,25,28). The third-order valence-electron chi connectivity index (χ3n) is 5.69. The molecule has 0 radical (unpaired) electrons. The molecule has 0 aliphatic carbocycles. The van der Waals surface area contributed by atoms with Crippen LogP contribution in [0.5, 0.6) is 0 Å². The quantitative estimate of drug-likeness (QED) is 0.673. The molecule has 4 rings (SSSR count). The molecule has 2 aromatic heterocycles. The van der Waals surface area contributed by atoms with Gasteiger partial charge in [0, 0.05) is 36.6 Å². The lowest BCUT2D eigenvalue weighted by molar-refractivity contribution is 0.0602. The van der Waals surface area contributed by atoms with Crippen molar-refractivity contribution in [2.75, 3.05) is 6.54 Å². The van der Waals surface area contributed by atoms with Crippen LogP contribution in [0.3, 0.4) is 0 Å². The zero-order valence-corrected chi connectivity index (χ0v) is 18.5. The maximum absolute atomic E-state index is 13.2. The van der Waals surface area contributed by atoms with Crippen LogP contribution in [0, 0.1) is 0 Å². The summed E-state index contributed by atoms with van der Waals surface area (Å²) in [4.78, 5) is 28.9. The lowest BCUT2D eigenvalue weighted by Crippen LogP contribution is -2.45. The van der Waals surface area contributed by atoms with Crippen molar-refractivity contribution in [2.45, 2.75) is 51.6 Å². The van der Waals surface area contributed by atoms with Crippen LogP contribution in [-0.4, -0.2) is 45.1 Å². The van der Waals surface area contributed by atoms with Crippen molar-refractivity contribution in [3.63, 3.8) is 0 Å². The molecule has 0 saturated carbocycles. The second kappa shape index (κ2) is 8.60. The van der Waals surface area contributed by atoms with E-state index in [-0.39, 0.29) is 23.9 Å². The first-order valence-corrected chi connectivity index (χ1v) is 11.4. The van der Waals surface area contributed by atoms with Gasteiger partial charge in [0.25, 0.3) is 11.8 Å². The van der Waals surface area contributed by atoms with Gasteiger partial charge < -0.3 is 10.2 Å². The molecule has 1 atom stereocenters. The van der Waals surface area contributed by atoms with E-state index in [9.17, 15) is 9.59 Å². The summed E-state index contributed by atoms with van der Waals surface area (Å²) in [5.41, 5.74) is 1.67. The van der Waals surface area contributed by atoms with E-state index in [1.807, 2.05) is 30.9 Å². The van der Waals surface area contributed by atoms with Crippen molar-refractivity contribution >= 4 is 33.2 Å². The number of amides is 2. The highest BCUT2D eigenvalue weighted by Gasteiger charge is 2.31. The summed E-state index contributed by atoms with van der Waals surface area (Å²) < 4.78 is 2.75. The maximum Gasteiger partial charge on any atom is 0.272 e. The van der Waals surface area contributed by atoms with E-state index < -0.39 is 0 Å². The van der Waals surface area contributed by atoms with Crippen molar-refractivity contribution in [3.05, 3.63) is 52.7 Å². The summed E-state index contributed by atoms with van der Waals surface area (Å²) in [5, 5.41) is 8.32. The summed E-state index contributed by atoms with van der Waals surface area (Å²) in [6.45, 7) is 4.69. The number of hydrogen-bond donors (Lipinski definition) is 1. The molecule has 1 aliphatic heterocycles. The predicted octanol–water partition coefficient (Wildman–Crippen LogP) is 4.01. The van der Waals surface area contributed by atoms with E-state index in [0.29, 0.717) is 12.1 Å². The topological polar surface area (TPSA) is 67.2 Å². The number of nitrogens with zero attached hydrogens (tertiary/aromatic N) is 3. The normalized spacial score (nSPS) is 16.9. The maximum atomic E-state index is 13.2. The Bertz CT molecular complexity index is 1070. The van der Waals surface area contributed by atoms with Gasteiger partial charge in [-0.2, -0.15) is 5.10 Å². The number of rotatable bonds is 5. The second-order valence-corrected chi connectivity index (χ2v) is 9.28. The molecule has 0 bridgehead atoms. The largest absolute Gasteiger partial charge is 0.349 e. The number of thiophene rings is 1. The molecule has 7 heteroatoms. The highest BCUT2D eigenvalue weighted by Crippen LogP contribution is 2.34. The third-order valence-corrected chi connectivity index (χ3v) is 6.90. The average molecular weight is 425 g/mol. The van der Waals surface area contributed by atoms with Crippen LogP contribution < -0.4 is 5.32 Å². The zero-order valence-electron chi connectivity index (χ0n) is 17.7. The molecule has 1 unspecified atom stereocenters. The minimum atomic E-state index is -0.0264. The minimum absolute atomic E-state index is 0.0208. The molecule has 6 nitrogen and oxygen atoms in total. The van der Waals surface area contributed by atoms with Gasteiger partial charge in [-0.15, -0.1) is 11.3 Å². The van der Waals surface area contributed by atoms with E-state index in [0.717, 1.165) is 46.3 Å². The molecule has 1 fully saturated rings. The number of benzene rings is 1. The van der Waals surface area contributed by atoms with Gasteiger partial charge in [0.05, 0.1) is 4.88 Å². The number of hydrogen-bond acceptors (Lipinski definition) is 4. The van der Waals surface area contributed by atoms with Crippen LogP contribution in [0.2, 0.25) is 0 Å². The average Bonchev–Trinajstić information content (AvgIpc) is 3.31. The highest BCUT2D eigenvalue weighted by atomic mass is 32.1. The Morgan fingerprint density at radius 3 is 2.77 bits per heavy atom. The van der Waals surface area contributed by atoms with Crippen LogP contribution in [0.15, 0.2) is 36.5 Å². The molecular formula is C23H28N4O2S. The van der Waals surface area contributed by atoms with E-state index in [1.165, 1.54) is 0 Å². The number of likely N-dealkylation sites (tertiary alicyclic amines) is 1. The molecular weight excluding hydrogens is 396 g/mol. The van der Waals surface area contributed by atoms with Gasteiger partial charge in [0.2, 0.25) is 0 Å². The Kier molecular flexibility index (Phi) is 5.90. The van der Waals surface area contributed by atoms with Gasteiger partial charge in [-0.25, -0.2) is 0 Å². The summed E-state index contributed by atoms with van der Waals surface area (Å²) in [5.74, 6) is -0.00561. The van der Waals surface area contributed by atoms with Gasteiger partial charge in [0.1, 0.15) is 5.69 Å². The van der Waals surface area contributed by atoms with Gasteiger partial charge in [-0.05, 0) is 62.6 Å². The van der Waals surface area contributed by atoms with Crippen molar-refractivity contribution in [3.8, 4) is 0 Å². The van der Waals surface area contributed by atoms with Crippen molar-refractivity contribution in [1.82, 2.24) is 20.0 Å². The summed E-state index contributed by atoms with van der Waals surface area (Å²) in [6.07, 6.45) is 5.39. The van der Waals surface area contributed by atoms with Crippen molar-refractivity contribution in [1.29, 1.82) is 0 Å². The summed E-state index contributed by atoms with van der Waals surface area (Å²) in [6, 6.07) is 10.1. The number of piperidine rings is 1. The Hall–Kier alpha value is -2.67. The number of fused-ring (bicyclic) bond motifs is 1. The van der Waals surface area contributed by atoms with Crippen LogP contribution in [0.1, 0.15) is 58.8 Å². The number of carbonyl (C=O) groups is 2. The Morgan fingerprint density at radius 2 is 2.03 bits per heavy atom. The molecule has 158 valence electrons. The first-order chi connectivity index (χ1) is 14.5. The fraction of sp³-hybridized carbons (Fsp3) is 0.435. The van der Waals surface area contributed by atoms with E-state index in [1.54, 1.807) is 35.3 Å². The highest BCUT2D eigenvalue weighted by molar-refractivity contribution is 7.21. The monoisotopic (exact) mass is 424 g/mol. The Labute approximate surface area is 180 Å². The number of nitrogens with one attached hydrogen (secondary N) is 1. The number of carbonyl (C=O) groups excluding carboxylic acids is 2. The van der Waals surface area contributed by atoms with Crippen LogP contribution in [0.4, 0.5) is 0 Å². The lowest BCUT2D eigenvalue weighted by Gasteiger charge is -2.36. The molecule has 1 saturated heterocycles. The summed E-state index contributed by atoms with van der Waals surface area (Å²) >= 11 is 1.54. The van der Waals surface area contributed by atoms with Gasteiger partial charge in [-0.1, -0.05) is 18.2 Å². The Balaban J connectivity index is 1.68. The Morgan fingerprint density at radius 1 is 1.23 bits per heavy atom. The van der Waals surface area contributed by atoms with Gasteiger partial charge >= 0.3 is 0 Å². The van der Waals surface area contributed by atoms with Gasteiger partial charge in [-0.3, -0.25) is 14.3 Å². The van der Waals surface area contributed by atoms with Crippen LogP contribution in [0.25, 0.3) is 10.1 Å². The molecule has 1 N–H and O–H groups in total. The van der Waals surface area contributed by atoms with E-state index >= 15 is 0 Å². The molecule has 3 aromatic rings. The minimum Gasteiger partial charge on any atom is -0.349 e. The van der Waals surface area contributed by atoms with E-state index in [2.05, 4.69) is 22.5 Å². The molecule has 30 heavy (non-hydrogen) atoms. The second-order valence-electron chi connectivity index (χ2n) is 8.23. The molecule has 1 aromatic carbocycles. The SMILES string of the molecule is CC(C)NC(=O)c1sc2ccccc2c1CC1CCCCN1C(=O)c1ccnn1C. The summed E-state index contributed by atoms with van der Waals surface area (Å²) in [7, 11) is 1.80. The zero-order chi connectivity index (χ0) is 21.3. The van der Waals surface area contributed by atoms with Crippen molar-refractivity contribution in [2.24, 2.45) is 7.05 Å². The molecule has 1 aliphatic rings. The third kappa shape index (κ3) is 3.99. The smallest absolute Gasteiger partial charge is 0.272 e. The van der Waals surface area contributed by atoms with E-state index in [4.69, 9.17) is 0 Å². The van der Waals surface area contributed by atoms with Gasteiger partial charge in [0.15, 0.2) is 0 Å². The first-order valence-electron chi connectivity index (χ1n) is 10.6. The molecule has 3 heterocycles. The number of aryl methyl sites for hydroxylation is 1. The molecule has 2 amide bonds. The first kappa shape index (κ1) is 20.6. The predicted molar refractivity (Wildman–Crippen MR) is 120 cm³/mol. The van der Waals surface area contributed by atoms with Crippen LogP contribution in [-0.2, 0) is 13.5 Å².